The van der Waals surface area contributed by atoms with Crippen molar-refractivity contribution >= 4 is 82.1 Å². The molecule has 2 heterocycles. The van der Waals surface area contributed by atoms with Gasteiger partial charge in [-0.2, -0.15) is 0 Å². The molecule has 1 saturated heterocycles. The number of hydrogen-bond acceptors (Lipinski definition) is 14. The lowest BCUT2D eigenvalue weighted by atomic mass is 9.96. The van der Waals surface area contributed by atoms with Crippen molar-refractivity contribution in [3.8, 4) is 0 Å². The Morgan fingerprint density at radius 3 is 1.42 bits per heavy atom. The van der Waals surface area contributed by atoms with Gasteiger partial charge in [-0.1, -0.05) is 38.5 Å². The Hall–Kier alpha value is -8.48. The van der Waals surface area contributed by atoms with E-state index in [0.29, 0.717) is 32.2 Å². The molecule has 83 heavy (non-hydrogen) atoms. The summed E-state index contributed by atoms with van der Waals surface area (Å²) in [5.41, 5.74) is 51.5. The number of carbonyl (C=O) groups excluding carboxylic acids is 7. The lowest BCUT2D eigenvalue weighted by Gasteiger charge is -2.29. The molecule has 1 aliphatic heterocycles. The number of carboxylic acids is 1. The molecule has 0 radical (unpaired) electrons. The van der Waals surface area contributed by atoms with Crippen LogP contribution in [0, 0.1) is 5.92 Å². The van der Waals surface area contributed by atoms with Crippen LogP contribution in [-0.2, 0) is 44.8 Å². The summed E-state index contributed by atoms with van der Waals surface area (Å²) in [7, 11) is 0. The van der Waals surface area contributed by atoms with Crippen LogP contribution in [0.4, 0.5) is 0 Å². The highest BCUT2D eigenvalue weighted by atomic mass is 16.4. The van der Waals surface area contributed by atoms with Crippen molar-refractivity contribution in [1.29, 1.82) is 0 Å². The monoisotopic (exact) mass is 1170 g/mol. The van der Waals surface area contributed by atoms with Gasteiger partial charge in [0.25, 0.3) is 0 Å². The lowest BCUT2D eigenvalue weighted by Crippen LogP contribution is -2.61. The van der Waals surface area contributed by atoms with Gasteiger partial charge >= 0.3 is 5.97 Å². The number of rotatable bonds is 39. The zero-order valence-electron chi connectivity index (χ0n) is 47.6. The fraction of sp³-hybridized carbons (Fsp3) is 0.615. The minimum absolute atomic E-state index is 0.0251. The van der Waals surface area contributed by atoms with E-state index in [4.69, 9.17) is 51.6 Å². The Bertz CT molecular complexity index is 2550. The number of benzene rings is 1. The van der Waals surface area contributed by atoms with Crippen molar-refractivity contribution in [2.24, 2.45) is 77.5 Å². The minimum Gasteiger partial charge on any atom is -0.480 e. The number of nitrogens with zero attached hydrogens (tertiary/aromatic N) is 4. The molecule has 1 aromatic heterocycles. The van der Waals surface area contributed by atoms with Crippen molar-refractivity contribution in [3.05, 3.63) is 36.0 Å². The maximum absolute atomic E-state index is 14.6. The summed E-state index contributed by atoms with van der Waals surface area (Å²) < 4.78 is 0. The third-order valence-corrected chi connectivity index (χ3v) is 13.8. The highest BCUT2D eigenvalue weighted by Gasteiger charge is 2.36. The van der Waals surface area contributed by atoms with E-state index in [-0.39, 0.29) is 121 Å². The number of nitrogens with one attached hydrogen (secondary N) is 9. The van der Waals surface area contributed by atoms with Gasteiger partial charge in [0.2, 0.25) is 41.4 Å². The Labute approximate surface area is 482 Å². The number of carboxylic acid groups (broad SMARTS) is 1. The van der Waals surface area contributed by atoms with Gasteiger partial charge in [-0.3, -0.25) is 53.5 Å². The maximum atomic E-state index is 14.6. The van der Waals surface area contributed by atoms with Gasteiger partial charge in [0.05, 0.1) is 6.04 Å². The summed E-state index contributed by atoms with van der Waals surface area (Å²) in [6.45, 7) is 4.61. The number of hydrogen-bond donors (Lipinski definition) is 19. The predicted octanol–water partition coefficient (Wildman–Crippen LogP) is -4.67. The number of H-pyrrole nitrogens is 1. The third kappa shape index (κ3) is 25.5. The van der Waals surface area contributed by atoms with Crippen LogP contribution in [0.5, 0.6) is 0 Å². The second-order valence-corrected chi connectivity index (χ2v) is 20.4. The molecule has 1 fully saturated rings. The molecule has 31 heteroatoms. The molecule has 1 aromatic carbocycles. The van der Waals surface area contributed by atoms with E-state index in [0.717, 1.165) is 22.9 Å². The number of aromatic nitrogens is 1. The summed E-state index contributed by atoms with van der Waals surface area (Å²) >= 11 is 0. The molecule has 9 atom stereocenters. The van der Waals surface area contributed by atoms with Crippen LogP contribution in [0.15, 0.2) is 50.4 Å². The van der Waals surface area contributed by atoms with Gasteiger partial charge in [0.1, 0.15) is 42.3 Å². The van der Waals surface area contributed by atoms with Crippen molar-refractivity contribution in [3.63, 3.8) is 0 Å². The molecular formula is C52H90N22O9. The molecule has 28 N–H and O–H groups in total. The first-order valence-corrected chi connectivity index (χ1v) is 28.1. The molecule has 2 aromatic rings. The summed E-state index contributed by atoms with van der Waals surface area (Å²) in [6, 6.07) is -2.27. The van der Waals surface area contributed by atoms with Gasteiger partial charge in [-0.25, -0.2) is 4.79 Å². The Balaban J connectivity index is 1.97. The third-order valence-electron chi connectivity index (χ3n) is 13.8. The largest absolute Gasteiger partial charge is 0.480 e. The zero-order valence-corrected chi connectivity index (χ0v) is 47.6. The van der Waals surface area contributed by atoms with Crippen LogP contribution in [0.25, 0.3) is 10.9 Å². The van der Waals surface area contributed by atoms with Gasteiger partial charge in [0, 0.05) is 49.7 Å². The second-order valence-electron chi connectivity index (χ2n) is 20.4. The molecular weight excluding hydrogens is 1080 g/mol. The van der Waals surface area contributed by atoms with Crippen LogP contribution in [0.1, 0.15) is 109 Å². The molecule has 0 spiro atoms. The van der Waals surface area contributed by atoms with E-state index >= 15 is 0 Å². The van der Waals surface area contributed by atoms with E-state index in [2.05, 4.69) is 67.5 Å². The molecule has 0 bridgehead atoms. The quantitative estimate of drug-likeness (QED) is 0.0170. The lowest BCUT2D eigenvalue weighted by molar-refractivity contribution is -0.142. The fourth-order valence-corrected chi connectivity index (χ4v) is 9.06. The average molecular weight is 1170 g/mol. The number of amides is 7. The number of aliphatic carboxylic acids is 1. The Morgan fingerprint density at radius 2 is 0.988 bits per heavy atom. The Morgan fingerprint density at radius 1 is 0.566 bits per heavy atom. The average Bonchev–Trinajstić information content (AvgIpc) is 4.34. The zero-order chi connectivity index (χ0) is 61.4. The fourth-order valence-electron chi connectivity index (χ4n) is 9.06. The van der Waals surface area contributed by atoms with Crippen LogP contribution >= 0.6 is 0 Å². The molecule has 0 aliphatic carbocycles. The number of unbranched alkanes of at least 4 members (excludes halogenated alkanes) is 1. The van der Waals surface area contributed by atoms with Gasteiger partial charge in [-0.15, -0.1) is 0 Å². The van der Waals surface area contributed by atoms with Gasteiger partial charge < -0.3 is 104 Å². The van der Waals surface area contributed by atoms with Crippen LogP contribution < -0.4 is 94.1 Å². The number of fused-ring (bicyclic) bond motifs is 1. The number of aliphatic imine (C=N–C) groups is 4. The molecule has 462 valence electrons. The van der Waals surface area contributed by atoms with Crippen LogP contribution in [0.3, 0.4) is 0 Å². The van der Waals surface area contributed by atoms with Crippen molar-refractivity contribution in [2.75, 3.05) is 39.3 Å². The minimum atomic E-state index is -1.38. The SMILES string of the molecule is CC[C@H](C)[C@H](NC(=O)[C@H](CCCCN)NC(=O)[C@H](CCCN=C(N)N)NC(=O)[C@H](CCCN=C(N)N)NC(=O)[C@H](Cc1c[nH]c2ccccc12)NC(=O)[C@@H]1CCCN1)C(=O)N[C@@H](CCCN=C(N)N)C(=O)N[C@@H](CCCN=C(N)N)C(=O)O. The molecule has 1 aliphatic rings. The van der Waals surface area contributed by atoms with Crippen LogP contribution in [0.2, 0.25) is 0 Å². The van der Waals surface area contributed by atoms with E-state index in [9.17, 15) is 43.5 Å². The number of guanidine groups is 4. The van der Waals surface area contributed by atoms with Gasteiger partial charge in [0.15, 0.2) is 23.8 Å². The van der Waals surface area contributed by atoms with Crippen molar-refractivity contribution in [2.45, 2.75) is 158 Å². The summed E-state index contributed by atoms with van der Waals surface area (Å²) in [5, 5.41) is 33.0. The summed E-state index contributed by atoms with van der Waals surface area (Å²) in [5.74, 6) is -7.83. The first kappa shape index (κ1) is 68.8. The number of para-hydroxylation sites is 1. The molecule has 0 unspecified atom stereocenters. The van der Waals surface area contributed by atoms with E-state index in [1.54, 1.807) is 20.0 Å². The standard InChI is InChI=1S/C52H90N22O9/c1-3-29(2)40(47(81)71-37(19-11-25-65-51(58)59)44(78)72-38(48(82)83)20-12-26-66-52(60)61)74-45(79)34(15-6-7-21-53)68-42(76)35(17-9-23-63-49(54)55)69-43(77)36(18-10-24-64-50(56)57)70-46(80)39(73-41(75)33-16-8-22-62-33)27-30-28-67-32-14-5-4-13-31(30)32/h4-5,13-14,28-29,33-40,62,67H,3,6-12,15-27,53H2,1-2H3,(H,68,76)(H,69,77)(H,70,80)(H,71,81)(H,72,78)(H,73,75)(H,74,79)(H,82,83)(H4,54,55,63)(H4,56,57,64)(H4,58,59,65)(H4,60,61,66)/t29-,33-,34-,35-,36-,37-,38-,39-,40-/m0/s1. The first-order valence-electron chi connectivity index (χ1n) is 28.1. The second kappa shape index (κ2) is 36.8. The molecule has 31 nitrogen and oxygen atoms in total. The molecule has 3 rings (SSSR count). The topological polar surface area (TPSA) is 552 Å². The number of carbonyl (C=O) groups is 8. The highest BCUT2D eigenvalue weighted by molar-refractivity contribution is 5.98. The van der Waals surface area contributed by atoms with Crippen molar-refractivity contribution < 1.29 is 43.5 Å². The normalized spacial score (nSPS) is 15.7. The molecule has 7 amide bonds. The van der Waals surface area contributed by atoms with E-state index < -0.39 is 102 Å². The molecule has 0 saturated carbocycles. The number of aromatic amines is 1. The summed E-state index contributed by atoms with van der Waals surface area (Å²) in [6.07, 6.45) is 4.77. The van der Waals surface area contributed by atoms with Crippen molar-refractivity contribution in [1.82, 2.24) is 47.5 Å². The maximum Gasteiger partial charge on any atom is 0.326 e. The summed E-state index contributed by atoms with van der Waals surface area (Å²) in [4.78, 5) is 131. The van der Waals surface area contributed by atoms with Gasteiger partial charge in [-0.05, 0) is 114 Å². The van der Waals surface area contributed by atoms with Crippen LogP contribution in [-0.4, -0.2) is 169 Å². The first-order chi connectivity index (χ1) is 39.5. The Kier molecular flexibility index (Phi) is 30.5. The van der Waals surface area contributed by atoms with E-state index in [1.165, 1.54) is 0 Å². The number of nitrogens with two attached hydrogens (primary N) is 9. The highest BCUT2D eigenvalue weighted by Crippen LogP contribution is 2.20. The van der Waals surface area contributed by atoms with E-state index in [1.807, 2.05) is 24.3 Å². The predicted molar refractivity (Wildman–Crippen MR) is 316 cm³/mol. The smallest absolute Gasteiger partial charge is 0.326 e.